The summed E-state index contributed by atoms with van der Waals surface area (Å²) in [5.41, 5.74) is 0.990. The van der Waals surface area contributed by atoms with Gasteiger partial charge in [-0.3, -0.25) is 9.59 Å². The Morgan fingerprint density at radius 3 is 2.47 bits per heavy atom. The summed E-state index contributed by atoms with van der Waals surface area (Å²) in [6.07, 6.45) is 1.02. The van der Waals surface area contributed by atoms with Crippen LogP contribution in [0.3, 0.4) is 0 Å². The largest absolute Gasteiger partial charge is 0.352 e. The highest BCUT2D eigenvalue weighted by Gasteiger charge is 2.45. The van der Waals surface area contributed by atoms with Crippen molar-refractivity contribution in [1.82, 2.24) is 5.32 Å². The highest BCUT2D eigenvalue weighted by molar-refractivity contribution is 7.89. The lowest BCUT2D eigenvalue weighted by molar-refractivity contribution is -0.115. The number of primary sulfonamides is 1. The van der Waals surface area contributed by atoms with Crippen LogP contribution < -0.4 is 15.8 Å². The van der Waals surface area contributed by atoms with Crippen molar-refractivity contribution >= 4 is 39.1 Å². The first-order valence-corrected chi connectivity index (χ1v) is 11.4. The molecule has 1 aliphatic carbocycles. The van der Waals surface area contributed by atoms with Crippen molar-refractivity contribution in [3.05, 3.63) is 58.6 Å². The number of nitrogens with two attached hydrogens (primary N) is 1. The molecule has 1 fully saturated rings. The minimum absolute atomic E-state index is 0.0177. The van der Waals surface area contributed by atoms with E-state index in [-0.39, 0.29) is 33.9 Å². The molecule has 0 spiro atoms. The van der Waals surface area contributed by atoms with E-state index in [9.17, 15) is 18.0 Å². The molecule has 160 valence electrons. The molecule has 0 saturated heterocycles. The monoisotopic (exact) mass is 449 g/mol. The molecular weight excluding hydrogens is 426 g/mol. The highest BCUT2D eigenvalue weighted by atomic mass is 35.5. The lowest BCUT2D eigenvalue weighted by atomic mass is 10.1. The van der Waals surface area contributed by atoms with Crippen molar-refractivity contribution in [2.24, 2.45) is 16.5 Å². The number of carbonyl (C=O) groups excluding carboxylic acids is 2. The molecule has 4 N–H and O–H groups in total. The van der Waals surface area contributed by atoms with Gasteiger partial charge in [0, 0.05) is 17.3 Å². The predicted octanol–water partition coefficient (Wildman–Crippen LogP) is 2.94. The molecule has 0 aromatic heterocycles. The third-order valence-electron chi connectivity index (χ3n) is 5.35. The van der Waals surface area contributed by atoms with Gasteiger partial charge in [0.15, 0.2) is 0 Å². The van der Waals surface area contributed by atoms with Crippen molar-refractivity contribution < 1.29 is 18.0 Å². The van der Waals surface area contributed by atoms with E-state index in [1.807, 2.05) is 0 Å². The van der Waals surface area contributed by atoms with Gasteiger partial charge in [-0.25, -0.2) is 13.6 Å². The molecule has 3 rings (SSSR count). The summed E-state index contributed by atoms with van der Waals surface area (Å²) < 4.78 is 24.1. The number of rotatable bonds is 7. The van der Waals surface area contributed by atoms with Crippen LogP contribution in [0.2, 0.25) is 5.02 Å². The average Bonchev–Trinajstić information content (AvgIpc) is 3.27. The first-order valence-electron chi connectivity index (χ1n) is 9.46. The molecule has 30 heavy (non-hydrogen) atoms. The zero-order valence-electron chi connectivity index (χ0n) is 16.7. The summed E-state index contributed by atoms with van der Waals surface area (Å²) in [5.74, 6) is -0.532. The van der Waals surface area contributed by atoms with Crippen molar-refractivity contribution in [2.45, 2.75) is 31.6 Å². The van der Waals surface area contributed by atoms with Crippen molar-refractivity contribution in [3.63, 3.8) is 0 Å². The minimum atomic E-state index is -4.18. The number of amides is 2. The van der Waals surface area contributed by atoms with Crippen LogP contribution >= 0.6 is 11.6 Å². The summed E-state index contributed by atoms with van der Waals surface area (Å²) in [5, 5.41) is 11.2. The molecule has 1 unspecified atom stereocenters. The van der Waals surface area contributed by atoms with Crippen molar-refractivity contribution in [3.8, 4) is 0 Å². The van der Waals surface area contributed by atoms with Gasteiger partial charge < -0.3 is 10.6 Å². The lowest BCUT2D eigenvalue weighted by Gasteiger charge is -2.12. The smallest absolute Gasteiger partial charge is 0.252 e. The quantitative estimate of drug-likeness (QED) is 0.602. The molecule has 2 aromatic rings. The average molecular weight is 450 g/mol. The molecule has 0 heterocycles. The lowest BCUT2D eigenvalue weighted by Crippen LogP contribution is -2.29. The topological polar surface area (TPSA) is 118 Å². The first kappa shape index (κ1) is 22.3. The number of nitrogens with one attached hydrogen (secondary N) is 2. The fourth-order valence-electron chi connectivity index (χ4n) is 3.28. The van der Waals surface area contributed by atoms with Gasteiger partial charge in [-0.2, -0.15) is 0 Å². The predicted molar refractivity (Wildman–Crippen MR) is 116 cm³/mol. The third kappa shape index (κ3) is 5.38. The molecule has 2 aromatic carbocycles. The summed E-state index contributed by atoms with van der Waals surface area (Å²) in [4.78, 5) is 24.5. The molecular formula is C21H24ClN3O4S. The van der Waals surface area contributed by atoms with Crippen LogP contribution in [0.25, 0.3) is 0 Å². The van der Waals surface area contributed by atoms with Gasteiger partial charge in [0.1, 0.15) is 0 Å². The maximum Gasteiger partial charge on any atom is 0.252 e. The number of carbonyl (C=O) groups is 2. The van der Waals surface area contributed by atoms with Crippen LogP contribution in [-0.2, 0) is 21.2 Å². The van der Waals surface area contributed by atoms with E-state index in [1.165, 1.54) is 18.2 Å². The van der Waals surface area contributed by atoms with Gasteiger partial charge in [0.2, 0.25) is 15.9 Å². The van der Waals surface area contributed by atoms with Crippen molar-refractivity contribution in [2.75, 3.05) is 11.9 Å². The molecule has 1 aliphatic rings. The molecule has 0 aliphatic heterocycles. The Bertz CT molecular complexity index is 1100. The fraction of sp³-hybridized carbons (Fsp3) is 0.333. The third-order valence-corrected chi connectivity index (χ3v) is 6.67. The molecule has 1 atom stereocenters. The van der Waals surface area contributed by atoms with Gasteiger partial charge >= 0.3 is 0 Å². The van der Waals surface area contributed by atoms with Crippen LogP contribution in [0.5, 0.6) is 0 Å². The Morgan fingerprint density at radius 2 is 1.87 bits per heavy atom. The highest BCUT2D eigenvalue weighted by Crippen LogP contribution is 2.51. The Hall–Kier alpha value is -2.42. The second-order valence-corrected chi connectivity index (χ2v) is 10.1. The normalized spacial score (nSPS) is 17.3. The van der Waals surface area contributed by atoms with Gasteiger partial charge in [-0.05, 0) is 47.6 Å². The second kappa shape index (κ2) is 8.37. The second-order valence-electron chi connectivity index (χ2n) is 8.17. The number of hydrogen-bond acceptors (Lipinski definition) is 4. The Labute approximate surface area is 181 Å². The minimum Gasteiger partial charge on any atom is -0.352 e. The summed E-state index contributed by atoms with van der Waals surface area (Å²) in [7, 11) is -4.18. The van der Waals surface area contributed by atoms with Gasteiger partial charge in [-0.1, -0.05) is 43.6 Å². The van der Waals surface area contributed by atoms with E-state index in [2.05, 4.69) is 24.5 Å². The maximum absolute atomic E-state index is 12.5. The van der Waals surface area contributed by atoms with E-state index in [0.29, 0.717) is 23.0 Å². The van der Waals surface area contributed by atoms with E-state index in [1.54, 1.807) is 24.3 Å². The van der Waals surface area contributed by atoms with E-state index >= 15 is 0 Å². The van der Waals surface area contributed by atoms with Crippen LogP contribution in [0.4, 0.5) is 5.69 Å². The first-order chi connectivity index (χ1) is 14.0. The van der Waals surface area contributed by atoms with Gasteiger partial charge in [0.05, 0.1) is 16.9 Å². The van der Waals surface area contributed by atoms with Crippen LogP contribution in [0, 0.1) is 11.3 Å². The number of halogens is 1. The van der Waals surface area contributed by atoms with E-state index in [0.717, 1.165) is 6.42 Å². The number of hydrogen-bond donors (Lipinski definition) is 3. The van der Waals surface area contributed by atoms with Gasteiger partial charge in [0.25, 0.3) is 5.91 Å². The SMILES string of the molecule is CC1(C)CC1CNC(=O)c1ccc(NC(=O)Cc2ccccc2Cl)cc1S(N)(=O)=O. The molecule has 7 nitrogen and oxygen atoms in total. The summed E-state index contributed by atoms with van der Waals surface area (Å²) in [6, 6.07) is 10.9. The molecule has 1 saturated carbocycles. The van der Waals surface area contributed by atoms with Crippen LogP contribution in [0.1, 0.15) is 36.2 Å². The fourth-order valence-corrected chi connectivity index (χ4v) is 4.24. The zero-order valence-corrected chi connectivity index (χ0v) is 18.3. The van der Waals surface area contributed by atoms with Crippen LogP contribution in [0.15, 0.2) is 47.4 Å². The summed E-state index contributed by atoms with van der Waals surface area (Å²) in [6.45, 7) is 4.69. The standard InChI is InChI=1S/C21H24ClN3O4S/c1-21(2)11-14(21)12-24-20(27)16-8-7-15(10-18(16)30(23,28)29)25-19(26)9-13-5-3-4-6-17(13)22/h3-8,10,14H,9,11-12H2,1-2H3,(H,24,27)(H,25,26)(H2,23,28,29). The molecule has 2 amide bonds. The Kier molecular flexibility index (Phi) is 6.21. The van der Waals surface area contributed by atoms with Crippen molar-refractivity contribution in [1.29, 1.82) is 0 Å². The molecule has 0 bridgehead atoms. The molecule has 9 heteroatoms. The Morgan fingerprint density at radius 1 is 1.20 bits per heavy atom. The van der Waals surface area contributed by atoms with Crippen LogP contribution in [-0.4, -0.2) is 26.8 Å². The number of sulfonamides is 1. The molecule has 0 radical (unpaired) electrons. The summed E-state index contributed by atoms with van der Waals surface area (Å²) >= 11 is 6.07. The van der Waals surface area contributed by atoms with Gasteiger partial charge in [-0.15, -0.1) is 0 Å². The zero-order chi connectivity index (χ0) is 22.1. The number of anilines is 1. The van der Waals surface area contributed by atoms with E-state index < -0.39 is 15.9 Å². The van der Waals surface area contributed by atoms with E-state index in [4.69, 9.17) is 16.7 Å². The maximum atomic E-state index is 12.5. The Balaban J connectivity index is 1.75. The number of benzene rings is 2.